The number of benzene rings is 1. The SMILES string of the molecule is CCOc1cc(/C=C(\C#N)C(=O)N[C@@H]2CCCC[C@@H]2C)cc(Cl)c1O. The number of amides is 1. The average Bonchev–Trinajstić information content (AvgIpc) is 2.59. The van der Waals surface area contributed by atoms with Gasteiger partial charge in [-0.2, -0.15) is 5.26 Å². The fourth-order valence-corrected chi connectivity index (χ4v) is 3.25. The van der Waals surface area contributed by atoms with Crippen LogP contribution in [0.5, 0.6) is 11.5 Å². The lowest BCUT2D eigenvalue weighted by Crippen LogP contribution is -2.41. The van der Waals surface area contributed by atoms with Gasteiger partial charge in [-0.3, -0.25) is 4.79 Å². The Morgan fingerprint density at radius 3 is 2.84 bits per heavy atom. The normalized spacial score (nSPS) is 20.6. The number of carbonyl (C=O) groups is 1. The Labute approximate surface area is 153 Å². The van der Waals surface area contributed by atoms with Crippen molar-refractivity contribution in [2.75, 3.05) is 6.61 Å². The van der Waals surface area contributed by atoms with Crippen LogP contribution in [0.25, 0.3) is 6.08 Å². The van der Waals surface area contributed by atoms with E-state index in [0.717, 1.165) is 19.3 Å². The van der Waals surface area contributed by atoms with Crippen LogP contribution in [0.15, 0.2) is 17.7 Å². The van der Waals surface area contributed by atoms with E-state index in [0.29, 0.717) is 18.1 Å². The molecule has 1 fully saturated rings. The summed E-state index contributed by atoms with van der Waals surface area (Å²) in [6, 6.07) is 5.09. The van der Waals surface area contributed by atoms with Gasteiger partial charge in [-0.1, -0.05) is 31.4 Å². The van der Waals surface area contributed by atoms with Crippen LogP contribution in [0.3, 0.4) is 0 Å². The molecule has 0 bridgehead atoms. The predicted octanol–water partition coefficient (Wildman–Crippen LogP) is 4.05. The molecule has 6 heteroatoms. The van der Waals surface area contributed by atoms with Gasteiger partial charge in [0, 0.05) is 6.04 Å². The van der Waals surface area contributed by atoms with Crippen molar-refractivity contribution in [3.05, 3.63) is 28.3 Å². The predicted molar refractivity (Wildman–Crippen MR) is 97.4 cm³/mol. The molecule has 0 radical (unpaired) electrons. The molecule has 5 nitrogen and oxygen atoms in total. The van der Waals surface area contributed by atoms with Gasteiger partial charge in [-0.25, -0.2) is 0 Å². The maximum Gasteiger partial charge on any atom is 0.262 e. The van der Waals surface area contributed by atoms with E-state index in [1.165, 1.54) is 18.6 Å². The number of aromatic hydroxyl groups is 1. The molecular formula is C19H23ClN2O3. The van der Waals surface area contributed by atoms with E-state index in [1.54, 1.807) is 13.0 Å². The number of hydrogen-bond acceptors (Lipinski definition) is 4. The summed E-state index contributed by atoms with van der Waals surface area (Å²) in [5.41, 5.74) is 0.525. The van der Waals surface area contributed by atoms with Crippen LogP contribution in [-0.2, 0) is 4.79 Å². The number of phenols is 1. The Bertz CT molecular complexity index is 709. The van der Waals surface area contributed by atoms with E-state index in [9.17, 15) is 15.2 Å². The highest BCUT2D eigenvalue weighted by Gasteiger charge is 2.24. The fourth-order valence-electron chi connectivity index (χ4n) is 3.03. The molecule has 0 unspecified atom stereocenters. The number of nitrogens with zero attached hydrogens (tertiary/aromatic N) is 1. The van der Waals surface area contributed by atoms with Crippen LogP contribution in [0.4, 0.5) is 0 Å². The van der Waals surface area contributed by atoms with E-state index in [2.05, 4.69) is 12.2 Å². The number of ether oxygens (including phenoxy) is 1. The zero-order valence-electron chi connectivity index (χ0n) is 14.5. The number of carbonyl (C=O) groups excluding carboxylic acids is 1. The number of rotatable bonds is 5. The Kier molecular flexibility index (Phi) is 6.72. The van der Waals surface area contributed by atoms with Gasteiger partial charge >= 0.3 is 0 Å². The summed E-state index contributed by atoms with van der Waals surface area (Å²) in [4.78, 5) is 12.4. The zero-order valence-corrected chi connectivity index (χ0v) is 15.3. The molecule has 25 heavy (non-hydrogen) atoms. The number of nitrogens with one attached hydrogen (secondary N) is 1. The molecule has 1 saturated carbocycles. The van der Waals surface area contributed by atoms with Crippen LogP contribution in [0, 0.1) is 17.2 Å². The van der Waals surface area contributed by atoms with Gasteiger partial charge in [0.15, 0.2) is 11.5 Å². The lowest BCUT2D eigenvalue weighted by Gasteiger charge is -2.29. The molecule has 0 aromatic heterocycles. The molecule has 2 rings (SSSR count). The molecule has 1 amide bonds. The first-order chi connectivity index (χ1) is 12.0. The first-order valence-corrected chi connectivity index (χ1v) is 8.92. The monoisotopic (exact) mass is 362 g/mol. The highest BCUT2D eigenvalue weighted by Crippen LogP contribution is 2.35. The summed E-state index contributed by atoms with van der Waals surface area (Å²) in [7, 11) is 0. The minimum absolute atomic E-state index is 0.00183. The van der Waals surface area contributed by atoms with Crippen molar-refractivity contribution in [1.29, 1.82) is 5.26 Å². The smallest absolute Gasteiger partial charge is 0.262 e. The fraction of sp³-hybridized carbons (Fsp3) is 0.474. The number of halogens is 1. The highest BCUT2D eigenvalue weighted by atomic mass is 35.5. The second kappa shape index (κ2) is 8.77. The van der Waals surface area contributed by atoms with Crippen molar-refractivity contribution in [2.45, 2.75) is 45.6 Å². The third-order valence-corrected chi connectivity index (χ3v) is 4.74. The first-order valence-electron chi connectivity index (χ1n) is 8.54. The van der Waals surface area contributed by atoms with E-state index < -0.39 is 0 Å². The summed E-state index contributed by atoms with van der Waals surface area (Å²) in [6.07, 6.45) is 5.75. The molecule has 2 N–H and O–H groups in total. The van der Waals surface area contributed by atoms with E-state index in [1.807, 2.05) is 6.07 Å². The van der Waals surface area contributed by atoms with Crippen molar-refractivity contribution in [1.82, 2.24) is 5.32 Å². The van der Waals surface area contributed by atoms with Crippen LogP contribution in [0.1, 0.15) is 45.1 Å². The Hall–Kier alpha value is -2.19. The van der Waals surface area contributed by atoms with Crippen LogP contribution < -0.4 is 10.1 Å². The molecule has 1 aliphatic rings. The van der Waals surface area contributed by atoms with E-state index >= 15 is 0 Å². The van der Waals surface area contributed by atoms with Gasteiger partial charge in [0.2, 0.25) is 0 Å². The molecule has 1 aliphatic carbocycles. The second-order valence-electron chi connectivity index (χ2n) is 6.29. The lowest BCUT2D eigenvalue weighted by molar-refractivity contribution is -0.118. The van der Waals surface area contributed by atoms with Gasteiger partial charge in [-0.05, 0) is 49.5 Å². The van der Waals surface area contributed by atoms with Crippen molar-refractivity contribution in [3.63, 3.8) is 0 Å². The van der Waals surface area contributed by atoms with Crippen molar-refractivity contribution >= 4 is 23.6 Å². The van der Waals surface area contributed by atoms with Gasteiger partial charge < -0.3 is 15.2 Å². The molecule has 0 saturated heterocycles. The molecule has 1 aromatic rings. The summed E-state index contributed by atoms with van der Waals surface area (Å²) >= 11 is 5.99. The Morgan fingerprint density at radius 2 is 2.20 bits per heavy atom. The Balaban J connectivity index is 2.21. The quantitative estimate of drug-likeness (QED) is 0.611. The van der Waals surface area contributed by atoms with E-state index in [4.69, 9.17) is 16.3 Å². The van der Waals surface area contributed by atoms with Crippen molar-refractivity contribution in [3.8, 4) is 17.6 Å². The molecule has 0 heterocycles. The van der Waals surface area contributed by atoms with Crippen LogP contribution in [0.2, 0.25) is 5.02 Å². The molecule has 2 atom stereocenters. The van der Waals surface area contributed by atoms with Gasteiger partial charge in [0.05, 0.1) is 11.6 Å². The van der Waals surface area contributed by atoms with Crippen LogP contribution >= 0.6 is 11.6 Å². The standard InChI is InChI=1S/C19H23ClN2O3/c1-3-25-17-10-13(9-15(20)18(17)23)8-14(11-21)19(24)22-16-7-5-4-6-12(16)2/h8-10,12,16,23H,3-7H2,1-2H3,(H,22,24)/b14-8+/t12-,16+/m0/s1. The average molecular weight is 363 g/mol. The second-order valence-corrected chi connectivity index (χ2v) is 6.70. The van der Waals surface area contributed by atoms with Crippen molar-refractivity contribution < 1.29 is 14.6 Å². The molecule has 0 spiro atoms. The zero-order chi connectivity index (χ0) is 18.4. The highest BCUT2D eigenvalue weighted by molar-refractivity contribution is 6.32. The topological polar surface area (TPSA) is 82.3 Å². The number of nitriles is 1. The number of hydrogen-bond donors (Lipinski definition) is 2. The lowest BCUT2D eigenvalue weighted by atomic mass is 9.86. The first kappa shape index (κ1) is 19.1. The summed E-state index contributed by atoms with van der Waals surface area (Å²) in [6.45, 7) is 4.27. The minimum Gasteiger partial charge on any atom is -0.503 e. The third-order valence-electron chi connectivity index (χ3n) is 4.45. The molecule has 0 aliphatic heterocycles. The number of phenolic OH excluding ortho intramolecular Hbond substituents is 1. The van der Waals surface area contributed by atoms with Crippen molar-refractivity contribution in [2.24, 2.45) is 5.92 Å². The van der Waals surface area contributed by atoms with Gasteiger partial charge in [0.1, 0.15) is 11.6 Å². The maximum atomic E-state index is 12.4. The summed E-state index contributed by atoms with van der Waals surface area (Å²) in [5.74, 6) is 0.0910. The largest absolute Gasteiger partial charge is 0.503 e. The summed E-state index contributed by atoms with van der Waals surface area (Å²) in [5, 5.41) is 22.3. The van der Waals surface area contributed by atoms with Gasteiger partial charge in [-0.15, -0.1) is 0 Å². The molecular weight excluding hydrogens is 340 g/mol. The Morgan fingerprint density at radius 1 is 1.48 bits per heavy atom. The molecule has 134 valence electrons. The van der Waals surface area contributed by atoms with E-state index in [-0.39, 0.29) is 34.0 Å². The van der Waals surface area contributed by atoms with Crippen LogP contribution in [-0.4, -0.2) is 23.7 Å². The molecule has 1 aromatic carbocycles. The third kappa shape index (κ3) is 4.90. The minimum atomic E-state index is -0.386. The van der Waals surface area contributed by atoms with Gasteiger partial charge in [0.25, 0.3) is 5.91 Å². The summed E-state index contributed by atoms with van der Waals surface area (Å²) < 4.78 is 5.32. The maximum absolute atomic E-state index is 12.4.